The normalized spacial score (nSPS) is 13.3. The molecule has 3 rings (SSSR count). The summed E-state index contributed by atoms with van der Waals surface area (Å²) < 4.78 is 10.6. The second-order valence-electron chi connectivity index (χ2n) is 6.79. The molecule has 1 N–H and O–H groups in total. The van der Waals surface area contributed by atoms with E-state index in [1.54, 1.807) is 29.2 Å². The molecule has 0 radical (unpaired) electrons. The molecular formula is C22H24N2O5. The predicted octanol–water partition coefficient (Wildman–Crippen LogP) is 2.47. The Labute approximate surface area is 169 Å². The van der Waals surface area contributed by atoms with Gasteiger partial charge in [0, 0.05) is 18.7 Å². The van der Waals surface area contributed by atoms with E-state index >= 15 is 0 Å². The number of hydrogen-bond donors (Lipinski definition) is 1. The summed E-state index contributed by atoms with van der Waals surface area (Å²) in [6, 6.07) is 14.3. The first kappa shape index (κ1) is 20.4. The summed E-state index contributed by atoms with van der Waals surface area (Å²) in [7, 11) is 0. The van der Waals surface area contributed by atoms with Gasteiger partial charge in [-0.1, -0.05) is 18.2 Å². The fourth-order valence-corrected chi connectivity index (χ4v) is 3.05. The van der Waals surface area contributed by atoms with E-state index in [0.29, 0.717) is 37.4 Å². The Bertz CT molecular complexity index is 896. The van der Waals surface area contributed by atoms with Crippen molar-refractivity contribution >= 4 is 23.5 Å². The number of rotatable bonds is 8. The summed E-state index contributed by atoms with van der Waals surface area (Å²) in [4.78, 5) is 37.6. The van der Waals surface area contributed by atoms with E-state index in [4.69, 9.17) is 9.47 Å². The van der Waals surface area contributed by atoms with Crippen molar-refractivity contribution in [3.63, 3.8) is 0 Å². The number of esters is 1. The van der Waals surface area contributed by atoms with Crippen molar-refractivity contribution in [3.8, 4) is 5.75 Å². The molecule has 29 heavy (non-hydrogen) atoms. The van der Waals surface area contributed by atoms with E-state index in [1.165, 1.54) is 0 Å². The molecule has 0 unspecified atom stereocenters. The molecule has 1 heterocycles. The number of aryl methyl sites for hydroxylation is 1. The third-order valence-electron chi connectivity index (χ3n) is 4.48. The number of benzene rings is 2. The number of anilines is 1. The highest BCUT2D eigenvalue weighted by Gasteiger charge is 2.22. The molecule has 1 saturated heterocycles. The van der Waals surface area contributed by atoms with Crippen LogP contribution in [0.15, 0.2) is 48.5 Å². The number of nitrogens with one attached hydrogen (secondary N) is 1. The van der Waals surface area contributed by atoms with Crippen LogP contribution < -0.4 is 15.0 Å². The van der Waals surface area contributed by atoms with Crippen LogP contribution in [0.25, 0.3) is 0 Å². The molecule has 1 aliphatic rings. The molecule has 7 nitrogen and oxygen atoms in total. The van der Waals surface area contributed by atoms with Crippen molar-refractivity contribution in [1.29, 1.82) is 0 Å². The van der Waals surface area contributed by atoms with Crippen LogP contribution >= 0.6 is 0 Å². The quantitative estimate of drug-likeness (QED) is 0.547. The van der Waals surface area contributed by atoms with Gasteiger partial charge in [-0.25, -0.2) is 4.79 Å². The Morgan fingerprint density at radius 3 is 2.72 bits per heavy atom. The first-order chi connectivity index (χ1) is 14.0. The van der Waals surface area contributed by atoms with Gasteiger partial charge >= 0.3 is 5.97 Å². The van der Waals surface area contributed by atoms with Gasteiger partial charge in [0.2, 0.25) is 5.91 Å². The van der Waals surface area contributed by atoms with Crippen LogP contribution in [-0.2, 0) is 14.3 Å². The second-order valence-corrected chi connectivity index (χ2v) is 6.79. The predicted molar refractivity (Wildman–Crippen MR) is 108 cm³/mol. The van der Waals surface area contributed by atoms with Gasteiger partial charge in [0.05, 0.1) is 12.1 Å². The molecular weight excluding hydrogens is 372 g/mol. The fourth-order valence-electron chi connectivity index (χ4n) is 3.05. The third-order valence-corrected chi connectivity index (χ3v) is 4.48. The highest BCUT2D eigenvalue weighted by molar-refractivity contribution is 5.97. The van der Waals surface area contributed by atoms with E-state index in [1.807, 2.05) is 31.2 Å². The average Bonchev–Trinajstić information content (AvgIpc) is 3.15. The van der Waals surface area contributed by atoms with Crippen LogP contribution in [0.2, 0.25) is 0 Å². The van der Waals surface area contributed by atoms with Crippen LogP contribution in [0.5, 0.6) is 5.75 Å². The maximum Gasteiger partial charge on any atom is 0.338 e. The van der Waals surface area contributed by atoms with Gasteiger partial charge in [-0.15, -0.1) is 0 Å². The van der Waals surface area contributed by atoms with Gasteiger partial charge in [0.25, 0.3) is 5.91 Å². The molecule has 2 aromatic carbocycles. The molecule has 0 atom stereocenters. The average molecular weight is 396 g/mol. The SMILES string of the molecule is Cc1cccc(OCCNC(=O)COC(=O)c2cccc(N3CCCC3=O)c2)c1. The number of carbonyl (C=O) groups is 3. The topological polar surface area (TPSA) is 84.9 Å². The number of ether oxygens (including phenoxy) is 2. The van der Waals surface area contributed by atoms with Crippen molar-refractivity contribution < 1.29 is 23.9 Å². The first-order valence-corrected chi connectivity index (χ1v) is 9.56. The zero-order valence-electron chi connectivity index (χ0n) is 16.3. The highest BCUT2D eigenvalue weighted by Crippen LogP contribution is 2.22. The van der Waals surface area contributed by atoms with Gasteiger partial charge in [-0.05, 0) is 49.2 Å². The Morgan fingerprint density at radius 1 is 1.14 bits per heavy atom. The van der Waals surface area contributed by atoms with Gasteiger partial charge in [-0.3, -0.25) is 9.59 Å². The minimum Gasteiger partial charge on any atom is -0.492 e. The monoisotopic (exact) mass is 396 g/mol. The van der Waals surface area contributed by atoms with E-state index in [0.717, 1.165) is 17.7 Å². The summed E-state index contributed by atoms with van der Waals surface area (Å²) in [5, 5.41) is 2.64. The molecule has 0 aromatic heterocycles. The van der Waals surface area contributed by atoms with Crippen molar-refractivity contribution in [3.05, 3.63) is 59.7 Å². The zero-order chi connectivity index (χ0) is 20.6. The molecule has 7 heteroatoms. The Kier molecular flexibility index (Phi) is 6.84. The number of amides is 2. The van der Waals surface area contributed by atoms with E-state index in [-0.39, 0.29) is 12.5 Å². The lowest BCUT2D eigenvalue weighted by Gasteiger charge is -2.16. The standard InChI is InChI=1S/C22H24N2O5/c1-16-5-2-8-19(13-16)28-12-10-23-20(25)15-29-22(27)17-6-3-7-18(14-17)24-11-4-9-21(24)26/h2-3,5-8,13-14H,4,9-12,15H2,1H3,(H,23,25). The minimum atomic E-state index is -0.607. The second kappa shape index (κ2) is 9.73. The first-order valence-electron chi connectivity index (χ1n) is 9.56. The van der Waals surface area contributed by atoms with Crippen LogP contribution in [0.3, 0.4) is 0 Å². The molecule has 1 aliphatic heterocycles. The Balaban J connectivity index is 1.41. The molecule has 1 fully saturated rings. The smallest absolute Gasteiger partial charge is 0.338 e. The van der Waals surface area contributed by atoms with Crippen LogP contribution in [0, 0.1) is 6.92 Å². The molecule has 2 amide bonds. The largest absolute Gasteiger partial charge is 0.492 e. The van der Waals surface area contributed by atoms with Gasteiger partial charge in [-0.2, -0.15) is 0 Å². The maximum absolute atomic E-state index is 12.2. The summed E-state index contributed by atoms with van der Waals surface area (Å²) in [6.45, 7) is 2.86. The molecule has 2 aromatic rings. The molecule has 152 valence electrons. The van der Waals surface area contributed by atoms with Gasteiger partial charge in [0.1, 0.15) is 12.4 Å². The van der Waals surface area contributed by atoms with Crippen LogP contribution in [-0.4, -0.2) is 44.1 Å². The van der Waals surface area contributed by atoms with Crippen LogP contribution in [0.1, 0.15) is 28.8 Å². The third kappa shape index (κ3) is 5.81. The molecule has 0 saturated carbocycles. The number of nitrogens with zero attached hydrogens (tertiary/aromatic N) is 1. The highest BCUT2D eigenvalue weighted by atomic mass is 16.5. The minimum absolute atomic E-state index is 0.0442. The van der Waals surface area contributed by atoms with E-state index < -0.39 is 11.9 Å². The Hall–Kier alpha value is -3.35. The van der Waals surface area contributed by atoms with Crippen LogP contribution in [0.4, 0.5) is 5.69 Å². The van der Waals surface area contributed by atoms with Crippen molar-refractivity contribution in [1.82, 2.24) is 5.32 Å². The molecule has 0 aliphatic carbocycles. The zero-order valence-corrected chi connectivity index (χ0v) is 16.3. The van der Waals surface area contributed by atoms with Crippen molar-refractivity contribution in [2.75, 3.05) is 31.2 Å². The lowest BCUT2D eigenvalue weighted by atomic mass is 10.2. The lowest BCUT2D eigenvalue weighted by Crippen LogP contribution is -2.32. The molecule has 0 spiro atoms. The summed E-state index contributed by atoms with van der Waals surface area (Å²) >= 11 is 0. The van der Waals surface area contributed by atoms with Gasteiger partial charge < -0.3 is 19.7 Å². The molecule has 0 bridgehead atoms. The number of carbonyl (C=O) groups excluding carboxylic acids is 3. The van der Waals surface area contributed by atoms with Crippen molar-refractivity contribution in [2.45, 2.75) is 19.8 Å². The van der Waals surface area contributed by atoms with E-state index in [9.17, 15) is 14.4 Å². The lowest BCUT2D eigenvalue weighted by molar-refractivity contribution is -0.124. The summed E-state index contributed by atoms with van der Waals surface area (Å²) in [5.41, 5.74) is 2.06. The fraction of sp³-hybridized carbons (Fsp3) is 0.318. The Morgan fingerprint density at radius 2 is 1.97 bits per heavy atom. The van der Waals surface area contributed by atoms with Gasteiger partial charge in [0.15, 0.2) is 6.61 Å². The number of hydrogen-bond acceptors (Lipinski definition) is 5. The maximum atomic E-state index is 12.2. The summed E-state index contributed by atoms with van der Waals surface area (Å²) in [5.74, 6) is -0.230. The van der Waals surface area contributed by atoms with E-state index in [2.05, 4.69) is 5.32 Å². The summed E-state index contributed by atoms with van der Waals surface area (Å²) in [6.07, 6.45) is 1.32. The van der Waals surface area contributed by atoms with Crippen molar-refractivity contribution in [2.24, 2.45) is 0 Å².